The lowest BCUT2D eigenvalue weighted by Crippen LogP contribution is -2.25. The Balaban J connectivity index is 2.32. The lowest BCUT2D eigenvalue weighted by atomic mass is 9.95. The maximum Gasteiger partial charge on any atom is 0.181 e. The summed E-state index contributed by atoms with van der Waals surface area (Å²) in [4.78, 5) is 11.5. The lowest BCUT2D eigenvalue weighted by Gasteiger charge is -2.20. The van der Waals surface area contributed by atoms with E-state index in [4.69, 9.17) is 0 Å². The van der Waals surface area contributed by atoms with E-state index in [1.807, 2.05) is 4.68 Å². The summed E-state index contributed by atoms with van der Waals surface area (Å²) < 4.78 is 1.82. The van der Waals surface area contributed by atoms with Gasteiger partial charge in [0.05, 0.1) is 0 Å². The molecule has 64 valence electrons. The van der Waals surface area contributed by atoms with E-state index >= 15 is 0 Å². The Morgan fingerprint density at radius 1 is 1.75 bits per heavy atom. The molecule has 3 nitrogen and oxygen atoms in total. The van der Waals surface area contributed by atoms with Crippen LogP contribution in [0.2, 0.25) is 0 Å². The molecule has 0 aromatic carbocycles. The quantitative estimate of drug-likeness (QED) is 0.630. The van der Waals surface area contributed by atoms with Gasteiger partial charge in [-0.3, -0.25) is 9.48 Å². The highest BCUT2D eigenvalue weighted by Gasteiger charge is 2.23. The summed E-state index contributed by atoms with van der Waals surface area (Å²) in [7, 11) is 0. The van der Waals surface area contributed by atoms with Crippen molar-refractivity contribution in [1.82, 2.24) is 9.78 Å². The normalized spacial score (nSPS) is 22.4. The molecule has 2 heterocycles. The van der Waals surface area contributed by atoms with Crippen LogP contribution in [0.3, 0.4) is 0 Å². The van der Waals surface area contributed by atoms with Crippen molar-refractivity contribution in [2.45, 2.75) is 26.3 Å². The van der Waals surface area contributed by atoms with Crippen LogP contribution < -0.4 is 0 Å². The van der Waals surface area contributed by atoms with E-state index in [1.165, 1.54) is 0 Å². The smallest absolute Gasteiger partial charge is 0.181 e. The van der Waals surface area contributed by atoms with E-state index in [-0.39, 0.29) is 5.78 Å². The second-order valence-corrected chi connectivity index (χ2v) is 3.30. The minimum absolute atomic E-state index is 0.241. The van der Waals surface area contributed by atoms with Crippen LogP contribution in [0.4, 0.5) is 0 Å². The van der Waals surface area contributed by atoms with Crippen molar-refractivity contribution in [3.63, 3.8) is 0 Å². The summed E-state index contributed by atoms with van der Waals surface area (Å²) in [5.41, 5.74) is 0.778. The number of rotatable bonds is 1. The molecule has 3 heteroatoms. The van der Waals surface area contributed by atoms with Gasteiger partial charge in [0.15, 0.2) is 5.78 Å². The topological polar surface area (TPSA) is 34.9 Å². The first-order chi connectivity index (χ1) is 5.81. The lowest BCUT2D eigenvalue weighted by molar-refractivity contribution is 0.0915. The molecule has 0 fully saturated rings. The molecule has 0 N–H and O–H groups in total. The van der Waals surface area contributed by atoms with Crippen molar-refractivity contribution in [3.05, 3.63) is 18.0 Å². The standard InChI is InChI=1S/C9H12N2O/c1-2-7-5-9(12)8-3-4-10-11(8)6-7/h3-4,7H,2,5-6H2,1H3. The molecule has 0 saturated carbocycles. The maximum atomic E-state index is 11.5. The molecular weight excluding hydrogens is 152 g/mol. The first-order valence-electron chi connectivity index (χ1n) is 4.36. The maximum absolute atomic E-state index is 11.5. The number of fused-ring (bicyclic) bond motifs is 1. The Morgan fingerprint density at radius 3 is 3.33 bits per heavy atom. The van der Waals surface area contributed by atoms with E-state index in [0.717, 1.165) is 18.7 Å². The molecule has 0 saturated heterocycles. The number of hydrogen-bond donors (Lipinski definition) is 0. The van der Waals surface area contributed by atoms with Gasteiger partial charge in [0, 0.05) is 19.2 Å². The fourth-order valence-corrected chi connectivity index (χ4v) is 1.66. The predicted octanol–water partition coefficient (Wildman–Crippen LogP) is 1.50. The largest absolute Gasteiger partial charge is 0.292 e. The third kappa shape index (κ3) is 1.05. The molecule has 2 rings (SSSR count). The SMILES string of the molecule is CCC1CC(=O)c2ccnn2C1. The Labute approximate surface area is 71.4 Å². The number of carbonyl (C=O) groups excluding carboxylic acids is 1. The zero-order chi connectivity index (χ0) is 8.55. The molecule has 1 unspecified atom stereocenters. The molecule has 0 aliphatic carbocycles. The minimum Gasteiger partial charge on any atom is -0.292 e. The fraction of sp³-hybridized carbons (Fsp3) is 0.556. The number of nitrogens with zero attached hydrogens (tertiary/aromatic N) is 2. The first kappa shape index (κ1) is 7.53. The predicted molar refractivity (Wildman–Crippen MR) is 45.0 cm³/mol. The second-order valence-electron chi connectivity index (χ2n) is 3.30. The van der Waals surface area contributed by atoms with Gasteiger partial charge in [0.1, 0.15) is 5.69 Å². The highest BCUT2D eigenvalue weighted by atomic mass is 16.1. The van der Waals surface area contributed by atoms with Gasteiger partial charge >= 0.3 is 0 Å². The average Bonchev–Trinajstić information content (AvgIpc) is 2.52. The number of hydrogen-bond acceptors (Lipinski definition) is 2. The second kappa shape index (κ2) is 2.73. The summed E-state index contributed by atoms with van der Waals surface area (Å²) >= 11 is 0. The molecule has 12 heavy (non-hydrogen) atoms. The average molecular weight is 164 g/mol. The van der Waals surface area contributed by atoms with Gasteiger partial charge in [-0.25, -0.2) is 0 Å². The molecule has 1 aliphatic rings. The third-order valence-corrected chi connectivity index (χ3v) is 2.48. The number of ketones is 1. The molecule has 1 aromatic rings. The Hall–Kier alpha value is -1.12. The summed E-state index contributed by atoms with van der Waals surface area (Å²) in [5.74, 6) is 0.732. The Kier molecular flexibility index (Phi) is 1.71. The first-order valence-corrected chi connectivity index (χ1v) is 4.36. The van der Waals surface area contributed by atoms with Gasteiger partial charge in [-0.15, -0.1) is 0 Å². The number of Topliss-reactive ketones (excluding diaryl/α,β-unsaturated/α-hetero) is 1. The van der Waals surface area contributed by atoms with Crippen molar-refractivity contribution >= 4 is 5.78 Å². The zero-order valence-corrected chi connectivity index (χ0v) is 7.16. The molecule has 1 aliphatic heterocycles. The van der Waals surface area contributed by atoms with Gasteiger partial charge in [-0.05, 0) is 12.0 Å². The van der Waals surface area contributed by atoms with Crippen LogP contribution in [-0.2, 0) is 6.54 Å². The van der Waals surface area contributed by atoms with Gasteiger partial charge in [0.2, 0.25) is 0 Å². The van der Waals surface area contributed by atoms with Crippen LogP contribution in [0.25, 0.3) is 0 Å². The molecular formula is C9H12N2O. The van der Waals surface area contributed by atoms with Crippen LogP contribution in [0, 0.1) is 5.92 Å². The van der Waals surface area contributed by atoms with E-state index in [1.54, 1.807) is 12.3 Å². The van der Waals surface area contributed by atoms with Crippen LogP contribution in [0.1, 0.15) is 30.3 Å². The van der Waals surface area contributed by atoms with Crippen LogP contribution >= 0.6 is 0 Å². The van der Waals surface area contributed by atoms with Crippen LogP contribution in [0.5, 0.6) is 0 Å². The van der Waals surface area contributed by atoms with Crippen LogP contribution in [0.15, 0.2) is 12.3 Å². The van der Waals surface area contributed by atoms with Gasteiger partial charge in [0.25, 0.3) is 0 Å². The zero-order valence-electron chi connectivity index (χ0n) is 7.16. The summed E-state index contributed by atoms with van der Waals surface area (Å²) in [6.07, 6.45) is 3.46. The number of aromatic nitrogens is 2. The Bertz CT molecular complexity index is 303. The molecule has 1 atom stereocenters. The van der Waals surface area contributed by atoms with E-state index in [2.05, 4.69) is 12.0 Å². The van der Waals surface area contributed by atoms with Gasteiger partial charge in [-0.2, -0.15) is 5.10 Å². The minimum atomic E-state index is 0.241. The highest BCUT2D eigenvalue weighted by molar-refractivity contribution is 5.95. The van der Waals surface area contributed by atoms with Crippen molar-refractivity contribution < 1.29 is 4.79 Å². The fourth-order valence-electron chi connectivity index (χ4n) is 1.66. The molecule has 0 amide bonds. The van der Waals surface area contributed by atoms with Crippen LogP contribution in [-0.4, -0.2) is 15.6 Å². The van der Waals surface area contributed by atoms with Crippen molar-refractivity contribution in [3.8, 4) is 0 Å². The van der Waals surface area contributed by atoms with Crippen molar-refractivity contribution in [2.24, 2.45) is 5.92 Å². The molecule has 0 radical (unpaired) electrons. The van der Waals surface area contributed by atoms with Gasteiger partial charge in [-0.1, -0.05) is 13.3 Å². The molecule has 1 aromatic heterocycles. The summed E-state index contributed by atoms with van der Waals surface area (Å²) in [5, 5.41) is 4.10. The monoisotopic (exact) mass is 164 g/mol. The Morgan fingerprint density at radius 2 is 2.58 bits per heavy atom. The van der Waals surface area contributed by atoms with E-state index in [0.29, 0.717) is 12.3 Å². The molecule has 0 spiro atoms. The van der Waals surface area contributed by atoms with Crippen molar-refractivity contribution in [1.29, 1.82) is 0 Å². The summed E-state index contributed by atoms with van der Waals surface area (Å²) in [6, 6.07) is 1.80. The highest BCUT2D eigenvalue weighted by Crippen LogP contribution is 2.20. The van der Waals surface area contributed by atoms with E-state index < -0.39 is 0 Å². The van der Waals surface area contributed by atoms with Crippen molar-refractivity contribution in [2.75, 3.05) is 0 Å². The van der Waals surface area contributed by atoms with Gasteiger partial charge < -0.3 is 0 Å². The molecule has 0 bridgehead atoms. The van der Waals surface area contributed by atoms with E-state index in [9.17, 15) is 4.79 Å². The third-order valence-electron chi connectivity index (χ3n) is 2.48. The summed E-state index contributed by atoms with van der Waals surface area (Å²) in [6.45, 7) is 3.02. The number of carbonyl (C=O) groups is 1.